The number of allylic oxidation sites excluding steroid dienone is 24. The van der Waals surface area contributed by atoms with E-state index in [1.165, 1.54) is 51.6 Å². The number of hydrogen-bond acceptors (Lipinski definition) is 5. The zero-order chi connectivity index (χ0) is 73.7. The minimum Gasteiger partial charge on any atom is -0.485 e. The number of nitrogens with zero attached hydrogens (tertiary/aromatic N) is 2. The second-order valence-electron chi connectivity index (χ2n) is 32.6. The first-order chi connectivity index (χ1) is 51.8. The summed E-state index contributed by atoms with van der Waals surface area (Å²) in [6, 6.07) is 40.9. The monoisotopic (exact) mass is 1420 g/mol. The van der Waals surface area contributed by atoms with E-state index in [9.17, 15) is 0 Å². The van der Waals surface area contributed by atoms with E-state index in [0.717, 1.165) is 124 Å². The van der Waals surface area contributed by atoms with Crippen molar-refractivity contribution in [2.24, 2.45) is 17.3 Å². The third kappa shape index (κ3) is 12.1. The molecule has 17 rings (SSSR count). The number of ether oxygens (including phenoxy) is 3. The number of hydrogen-bond donors (Lipinski definition) is 0. The van der Waals surface area contributed by atoms with Crippen LogP contribution in [0.2, 0.25) is 0 Å². The normalized spacial score (nSPS) is 26.5. The molecule has 0 aromatic heterocycles. The van der Waals surface area contributed by atoms with E-state index in [4.69, 9.17) is 14.2 Å². The highest BCUT2D eigenvalue weighted by Gasteiger charge is 2.55. The second-order valence-corrected chi connectivity index (χ2v) is 32.6. The van der Waals surface area contributed by atoms with Crippen LogP contribution in [0.4, 0.5) is 40.3 Å². The van der Waals surface area contributed by atoms with Gasteiger partial charge in [-0.1, -0.05) is 223 Å². The quantitative estimate of drug-likeness (QED) is 0.0713. The van der Waals surface area contributed by atoms with Crippen molar-refractivity contribution >= 4 is 28.3 Å². The smallest absolute Gasteiger partial charge is 0.160 e. The van der Waals surface area contributed by atoms with Crippen molar-refractivity contribution in [3.8, 4) is 11.5 Å². The Morgan fingerprint density at radius 1 is 0.636 bits per heavy atom. The molecule has 10 atom stereocenters. The fourth-order valence-corrected chi connectivity index (χ4v) is 19.2. The summed E-state index contributed by atoms with van der Waals surface area (Å²) in [6.07, 6.45) is 53.7. The predicted molar refractivity (Wildman–Crippen MR) is 428 cm³/mol. The molecule has 6 aromatic rings. The molecule has 0 spiro atoms. The van der Waals surface area contributed by atoms with E-state index in [1.807, 2.05) is 30.4 Å². The van der Waals surface area contributed by atoms with Crippen LogP contribution in [0.15, 0.2) is 319 Å². The molecule has 1 heterocycles. The number of anilines is 4. The number of halogens is 4. The number of rotatable bonds is 16. The fraction of sp³-hybridized carbons (Fsp3) is 0.286. The summed E-state index contributed by atoms with van der Waals surface area (Å²) in [7, 11) is 0. The van der Waals surface area contributed by atoms with Crippen LogP contribution < -0.4 is 19.3 Å². The summed E-state index contributed by atoms with van der Waals surface area (Å²) >= 11 is 0. The van der Waals surface area contributed by atoms with E-state index >= 15 is 17.6 Å². The molecule has 540 valence electrons. The maximum atomic E-state index is 16.6. The van der Waals surface area contributed by atoms with Crippen molar-refractivity contribution < 1.29 is 31.8 Å². The summed E-state index contributed by atoms with van der Waals surface area (Å²) < 4.78 is 85.3. The lowest BCUT2D eigenvalue weighted by atomic mass is 9.61. The van der Waals surface area contributed by atoms with Gasteiger partial charge in [-0.05, 0) is 214 Å². The summed E-state index contributed by atoms with van der Waals surface area (Å²) in [6.45, 7) is 21.6. The number of benzene rings is 6. The van der Waals surface area contributed by atoms with Gasteiger partial charge in [0.25, 0.3) is 0 Å². The average molecular weight is 1420 g/mol. The van der Waals surface area contributed by atoms with Gasteiger partial charge in [0.1, 0.15) is 29.2 Å². The van der Waals surface area contributed by atoms with Gasteiger partial charge in [0.2, 0.25) is 0 Å². The third-order valence-electron chi connectivity index (χ3n) is 24.5. The van der Waals surface area contributed by atoms with Crippen LogP contribution in [0.5, 0.6) is 11.5 Å². The molecule has 1 aliphatic heterocycles. The van der Waals surface area contributed by atoms with Crippen LogP contribution in [-0.2, 0) is 21.0 Å². The standard InChI is InChI=1S/C98H92F4N2O3/c1-9-61-25-45-73(46-26-61)105-75-49-37-67(38-50-75)97(65-33-29-63(30-34-65)95(3,4)5)81-19-13-11-17-77(81)79-53-41-69(57-83(79)97)103(71-43-55-85(99)87(101)59-71)89-21-15-23-91-93(89)94-90(22-16-24-92(94)107-91)104(72-44-56-86(100)88(102)60-72)70-42-54-80-78-18-12-14-20-82(78)98(84(80)58-70,66-35-31-64(32-36-66)96(6,7)8)68-39-51-76(52-40-68)106-74-47-27-62(10-2)28-48-74/h9-13,15-19,21-26,29-31,33-35,37-45,47,49,51-59,62,72-73,75,77,81,92,94H,1-2,14,20,27-28,32,36,46,48,50,60H2,3-8H3. The number of fused-ring (bicyclic) bond motifs is 8. The zero-order valence-electron chi connectivity index (χ0n) is 62.0. The van der Waals surface area contributed by atoms with Gasteiger partial charge in [0, 0.05) is 59.1 Å². The highest BCUT2D eigenvalue weighted by atomic mass is 19.2. The Morgan fingerprint density at radius 2 is 1.40 bits per heavy atom. The molecule has 107 heavy (non-hydrogen) atoms. The van der Waals surface area contributed by atoms with E-state index in [1.54, 1.807) is 12.1 Å². The molecule has 0 saturated heterocycles. The van der Waals surface area contributed by atoms with Gasteiger partial charge in [0.05, 0.1) is 40.7 Å². The summed E-state index contributed by atoms with van der Waals surface area (Å²) in [5.41, 5.74) is 18.2. The largest absolute Gasteiger partial charge is 0.485 e. The molecular weight excluding hydrogens is 1330 g/mol. The van der Waals surface area contributed by atoms with E-state index in [0.29, 0.717) is 29.5 Å². The van der Waals surface area contributed by atoms with Gasteiger partial charge < -0.3 is 24.0 Å². The molecule has 0 amide bonds. The fourth-order valence-electron chi connectivity index (χ4n) is 19.2. The van der Waals surface area contributed by atoms with Crippen molar-refractivity contribution in [3.63, 3.8) is 0 Å². The van der Waals surface area contributed by atoms with Crippen LogP contribution in [0.3, 0.4) is 0 Å². The van der Waals surface area contributed by atoms with Gasteiger partial charge in [-0.3, -0.25) is 0 Å². The molecule has 0 saturated carbocycles. The van der Waals surface area contributed by atoms with Crippen LogP contribution in [0.1, 0.15) is 162 Å². The molecule has 0 bridgehead atoms. The van der Waals surface area contributed by atoms with Crippen molar-refractivity contribution in [2.75, 3.05) is 9.80 Å². The van der Waals surface area contributed by atoms with E-state index in [2.05, 4.69) is 259 Å². The van der Waals surface area contributed by atoms with Crippen LogP contribution in [-0.4, -0.2) is 24.4 Å². The molecule has 0 radical (unpaired) electrons. The first-order valence-corrected chi connectivity index (χ1v) is 38.5. The third-order valence-corrected chi connectivity index (χ3v) is 24.5. The molecule has 6 aromatic carbocycles. The lowest BCUT2D eigenvalue weighted by Crippen LogP contribution is -2.40. The summed E-state index contributed by atoms with van der Waals surface area (Å²) in [4.78, 5) is 4.29. The SMILES string of the molecule is C=CC1=CCC(OC2C=CC(C3(c4ccc(C(C)(C)C)cc4)c4cc(N(c5ccc(F)c(F)c5)c5cccc6c5C5C(N(c7ccc8c(c7)C(C7=CC=C(C(C)(C)C)CC7)(c7ccc(OC9=CCC(C=C)CC9)cc7)C7=C8C=CCC7)C7C=CC(F)=C(F)C7)=CC=CC5O6)ccc4C4C=CC=CC43)=CC2)C=C1. The van der Waals surface area contributed by atoms with Crippen LogP contribution in [0, 0.1) is 28.9 Å². The van der Waals surface area contributed by atoms with Crippen molar-refractivity contribution in [1.29, 1.82) is 0 Å². The Kier molecular flexibility index (Phi) is 18.0. The maximum absolute atomic E-state index is 16.6. The zero-order valence-corrected chi connectivity index (χ0v) is 62.0. The van der Waals surface area contributed by atoms with Crippen molar-refractivity contribution in [3.05, 3.63) is 375 Å². The molecule has 11 aliphatic rings. The maximum Gasteiger partial charge on any atom is 0.160 e. The van der Waals surface area contributed by atoms with Gasteiger partial charge >= 0.3 is 0 Å². The molecule has 0 N–H and O–H groups in total. The lowest BCUT2D eigenvalue weighted by molar-refractivity contribution is 0.0432. The lowest BCUT2D eigenvalue weighted by Gasteiger charge is -2.42. The second kappa shape index (κ2) is 27.5. The molecule has 0 fully saturated rings. The van der Waals surface area contributed by atoms with Gasteiger partial charge in [-0.25, -0.2) is 17.6 Å². The molecule has 9 heteroatoms. The Bertz CT molecular complexity index is 5150. The van der Waals surface area contributed by atoms with Crippen molar-refractivity contribution in [1.82, 2.24) is 0 Å². The predicted octanol–water partition coefficient (Wildman–Crippen LogP) is 25.2. The van der Waals surface area contributed by atoms with Gasteiger partial charge in [0.15, 0.2) is 17.5 Å². The Hall–Kier alpha value is -10.2. The first-order valence-electron chi connectivity index (χ1n) is 38.5. The Balaban J connectivity index is 0.822. The van der Waals surface area contributed by atoms with E-state index < -0.39 is 52.2 Å². The van der Waals surface area contributed by atoms with Gasteiger partial charge in [-0.15, -0.1) is 6.58 Å². The highest BCUT2D eigenvalue weighted by Crippen LogP contribution is 2.64. The molecule has 5 nitrogen and oxygen atoms in total. The topological polar surface area (TPSA) is 34.2 Å². The van der Waals surface area contributed by atoms with Gasteiger partial charge in [-0.2, -0.15) is 0 Å². The first kappa shape index (κ1) is 69.8. The molecule has 10 aliphatic carbocycles. The van der Waals surface area contributed by atoms with E-state index in [-0.39, 0.29) is 41.3 Å². The summed E-state index contributed by atoms with van der Waals surface area (Å²) in [5.74, 6) is -1.47. The molecular formula is C98H92F4N2O3. The Labute approximate surface area is 628 Å². The van der Waals surface area contributed by atoms with Crippen LogP contribution >= 0.6 is 0 Å². The highest BCUT2D eigenvalue weighted by molar-refractivity contribution is 5.92. The summed E-state index contributed by atoms with van der Waals surface area (Å²) in [5, 5.41) is 0. The van der Waals surface area contributed by atoms with Crippen LogP contribution in [0.25, 0.3) is 5.57 Å². The minimum atomic E-state index is -0.989. The average Bonchev–Trinajstić information content (AvgIpc) is 1.55. The Morgan fingerprint density at radius 3 is 2.11 bits per heavy atom. The minimum absolute atomic E-state index is 0.00956. The molecule has 10 unspecified atom stereocenters. The van der Waals surface area contributed by atoms with Crippen molar-refractivity contribution in [2.45, 2.75) is 158 Å².